The first-order chi connectivity index (χ1) is 13.9. The maximum absolute atomic E-state index is 13.4. The van der Waals surface area contributed by atoms with E-state index < -0.39 is 23.4 Å². The van der Waals surface area contributed by atoms with Crippen molar-refractivity contribution in [1.29, 1.82) is 0 Å². The Hall–Kier alpha value is -2.94. The molecule has 2 aromatic rings. The van der Waals surface area contributed by atoms with Crippen molar-refractivity contribution in [3.05, 3.63) is 65.2 Å². The number of hydrogen-bond donors (Lipinski definition) is 1. The molecule has 2 N–H and O–H groups in total. The summed E-state index contributed by atoms with van der Waals surface area (Å²) in [5.74, 6) is -3.09. The number of amides is 3. The third-order valence-corrected chi connectivity index (χ3v) is 5.60. The van der Waals surface area contributed by atoms with Gasteiger partial charge >= 0.3 is 0 Å². The zero-order chi connectivity index (χ0) is 21.0. The third-order valence-electron chi connectivity index (χ3n) is 4.51. The molecule has 0 spiro atoms. The van der Waals surface area contributed by atoms with Crippen molar-refractivity contribution in [1.82, 2.24) is 9.80 Å². The Morgan fingerprint density at radius 3 is 2.14 bits per heavy atom. The molecule has 9 heteroatoms. The van der Waals surface area contributed by atoms with E-state index in [2.05, 4.69) is 0 Å². The van der Waals surface area contributed by atoms with Gasteiger partial charge in [0.05, 0.1) is 11.3 Å². The Labute approximate surface area is 170 Å². The number of benzene rings is 2. The predicted octanol–water partition coefficient (Wildman–Crippen LogP) is 2.14. The lowest BCUT2D eigenvalue weighted by molar-refractivity contribution is -0.115. The number of primary amides is 1. The number of carbonyl (C=O) groups is 3. The second-order valence-corrected chi connectivity index (χ2v) is 7.48. The van der Waals surface area contributed by atoms with Crippen LogP contribution >= 0.6 is 11.8 Å². The summed E-state index contributed by atoms with van der Waals surface area (Å²) in [6, 6.07) is 9.99. The number of hydrogen-bond acceptors (Lipinski definition) is 4. The van der Waals surface area contributed by atoms with Gasteiger partial charge in [-0.1, -0.05) is 12.1 Å². The molecule has 6 nitrogen and oxygen atoms in total. The summed E-state index contributed by atoms with van der Waals surface area (Å²) in [5.41, 5.74) is 5.72. The van der Waals surface area contributed by atoms with Gasteiger partial charge in [-0.15, -0.1) is 11.8 Å². The van der Waals surface area contributed by atoms with Crippen molar-refractivity contribution in [2.75, 3.05) is 31.9 Å². The Bertz CT molecular complexity index is 946. The lowest BCUT2D eigenvalue weighted by Gasteiger charge is -2.35. The second kappa shape index (κ2) is 9.04. The molecular formula is C20H19F2N3O3S. The Kier molecular flexibility index (Phi) is 6.48. The van der Waals surface area contributed by atoms with Gasteiger partial charge < -0.3 is 15.5 Å². The van der Waals surface area contributed by atoms with Crippen LogP contribution in [0.25, 0.3) is 0 Å². The summed E-state index contributed by atoms with van der Waals surface area (Å²) in [6.07, 6.45) is 0. The van der Waals surface area contributed by atoms with Crippen LogP contribution in [0.3, 0.4) is 0 Å². The minimum absolute atomic E-state index is 0.0665. The molecule has 0 aromatic heterocycles. The van der Waals surface area contributed by atoms with Crippen molar-refractivity contribution in [3.8, 4) is 0 Å². The zero-order valence-electron chi connectivity index (χ0n) is 15.4. The monoisotopic (exact) mass is 419 g/mol. The van der Waals surface area contributed by atoms with Crippen LogP contribution in [0.5, 0.6) is 0 Å². The number of rotatable bonds is 5. The van der Waals surface area contributed by atoms with Crippen LogP contribution in [0.2, 0.25) is 0 Å². The zero-order valence-corrected chi connectivity index (χ0v) is 16.3. The van der Waals surface area contributed by atoms with Crippen molar-refractivity contribution >= 4 is 29.5 Å². The van der Waals surface area contributed by atoms with Gasteiger partial charge in [0, 0.05) is 36.6 Å². The molecule has 152 valence electrons. The molecule has 0 aliphatic carbocycles. The molecule has 3 rings (SSSR count). The molecule has 1 fully saturated rings. The lowest BCUT2D eigenvalue weighted by atomic mass is 10.1. The standard InChI is InChI=1S/C20H19F2N3O3S/c21-15-6-5-13(11-16(15)22)19(27)24-7-9-25(10-8-24)20(28)14-3-1-2-4-17(14)29-12-18(23)26/h1-6,11H,7-10,12H2,(H2,23,26). The van der Waals surface area contributed by atoms with Gasteiger partial charge in [-0.2, -0.15) is 0 Å². The summed E-state index contributed by atoms with van der Waals surface area (Å²) >= 11 is 1.20. The van der Waals surface area contributed by atoms with Gasteiger partial charge in [0.2, 0.25) is 5.91 Å². The molecule has 1 heterocycles. The van der Waals surface area contributed by atoms with Crippen molar-refractivity contribution < 1.29 is 23.2 Å². The van der Waals surface area contributed by atoms with E-state index in [4.69, 9.17) is 5.73 Å². The topological polar surface area (TPSA) is 83.7 Å². The number of carbonyl (C=O) groups excluding carboxylic acids is 3. The van der Waals surface area contributed by atoms with Crippen LogP contribution in [0.15, 0.2) is 47.4 Å². The van der Waals surface area contributed by atoms with Crippen LogP contribution < -0.4 is 5.73 Å². The summed E-state index contributed by atoms with van der Waals surface area (Å²) in [6.45, 7) is 1.17. The normalized spacial score (nSPS) is 14.0. The van der Waals surface area contributed by atoms with Crippen molar-refractivity contribution in [2.24, 2.45) is 5.73 Å². The fourth-order valence-corrected chi connectivity index (χ4v) is 3.80. The molecule has 1 saturated heterocycles. The highest BCUT2D eigenvalue weighted by molar-refractivity contribution is 8.00. The smallest absolute Gasteiger partial charge is 0.255 e. The lowest BCUT2D eigenvalue weighted by Crippen LogP contribution is -2.50. The van der Waals surface area contributed by atoms with Crippen molar-refractivity contribution in [2.45, 2.75) is 4.90 Å². The molecule has 0 unspecified atom stereocenters. The fraction of sp³-hybridized carbons (Fsp3) is 0.250. The first kappa shape index (κ1) is 20.8. The van der Waals surface area contributed by atoms with Crippen LogP contribution in [0.4, 0.5) is 8.78 Å². The summed E-state index contributed by atoms with van der Waals surface area (Å²) in [4.78, 5) is 40.2. The fourth-order valence-electron chi connectivity index (χ4n) is 3.01. The van der Waals surface area contributed by atoms with E-state index in [-0.39, 0.29) is 30.3 Å². The van der Waals surface area contributed by atoms with E-state index in [0.29, 0.717) is 23.5 Å². The molecule has 0 radical (unpaired) electrons. The Morgan fingerprint density at radius 2 is 1.52 bits per heavy atom. The average Bonchev–Trinajstić information content (AvgIpc) is 2.73. The van der Waals surface area contributed by atoms with Crippen LogP contribution in [-0.4, -0.2) is 59.5 Å². The molecule has 29 heavy (non-hydrogen) atoms. The highest BCUT2D eigenvalue weighted by Gasteiger charge is 2.27. The van der Waals surface area contributed by atoms with Gasteiger partial charge in [-0.05, 0) is 30.3 Å². The van der Waals surface area contributed by atoms with Gasteiger partial charge in [0.15, 0.2) is 11.6 Å². The number of nitrogens with two attached hydrogens (primary N) is 1. The molecule has 1 aliphatic rings. The van der Waals surface area contributed by atoms with Gasteiger partial charge in [0.25, 0.3) is 11.8 Å². The first-order valence-corrected chi connectivity index (χ1v) is 9.89. The van der Waals surface area contributed by atoms with Gasteiger partial charge in [-0.25, -0.2) is 8.78 Å². The quantitative estimate of drug-likeness (QED) is 0.753. The van der Waals surface area contributed by atoms with Crippen LogP contribution in [-0.2, 0) is 4.79 Å². The molecule has 0 bridgehead atoms. The Balaban J connectivity index is 1.65. The van der Waals surface area contributed by atoms with E-state index in [0.717, 1.165) is 12.1 Å². The summed E-state index contributed by atoms with van der Waals surface area (Å²) < 4.78 is 26.4. The number of thioether (sulfide) groups is 1. The van der Waals surface area contributed by atoms with E-state index in [1.54, 1.807) is 29.2 Å². The highest BCUT2D eigenvalue weighted by Crippen LogP contribution is 2.24. The largest absolute Gasteiger partial charge is 0.369 e. The van der Waals surface area contributed by atoms with Crippen molar-refractivity contribution in [3.63, 3.8) is 0 Å². The van der Waals surface area contributed by atoms with Crippen LogP contribution in [0, 0.1) is 11.6 Å². The molecule has 0 saturated carbocycles. The van der Waals surface area contributed by atoms with E-state index >= 15 is 0 Å². The minimum Gasteiger partial charge on any atom is -0.369 e. The highest BCUT2D eigenvalue weighted by atomic mass is 32.2. The molecule has 1 aliphatic heterocycles. The predicted molar refractivity (Wildman–Crippen MR) is 105 cm³/mol. The number of nitrogens with zero attached hydrogens (tertiary/aromatic N) is 2. The summed E-state index contributed by atoms with van der Waals surface area (Å²) in [5, 5.41) is 0. The second-order valence-electron chi connectivity index (χ2n) is 6.46. The molecular weight excluding hydrogens is 400 g/mol. The maximum Gasteiger partial charge on any atom is 0.255 e. The summed E-state index contributed by atoms with van der Waals surface area (Å²) in [7, 11) is 0. The molecule has 2 aromatic carbocycles. The average molecular weight is 419 g/mol. The SMILES string of the molecule is NC(=O)CSc1ccccc1C(=O)N1CCN(C(=O)c2ccc(F)c(F)c2)CC1. The van der Waals surface area contributed by atoms with E-state index in [9.17, 15) is 23.2 Å². The van der Waals surface area contributed by atoms with Crippen LogP contribution in [0.1, 0.15) is 20.7 Å². The van der Waals surface area contributed by atoms with Gasteiger partial charge in [0.1, 0.15) is 0 Å². The molecule has 0 atom stereocenters. The van der Waals surface area contributed by atoms with E-state index in [1.165, 1.54) is 22.7 Å². The third kappa shape index (κ3) is 4.92. The number of halogens is 2. The molecule has 3 amide bonds. The first-order valence-electron chi connectivity index (χ1n) is 8.90. The number of piperazine rings is 1. The van der Waals surface area contributed by atoms with E-state index in [1.807, 2.05) is 0 Å². The Morgan fingerprint density at radius 1 is 0.897 bits per heavy atom. The maximum atomic E-state index is 13.4. The minimum atomic E-state index is -1.07. The van der Waals surface area contributed by atoms with Gasteiger partial charge in [-0.3, -0.25) is 14.4 Å².